The second-order valence-electron chi connectivity index (χ2n) is 3.88. The van der Waals surface area contributed by atoms with Gasteiger partial charge in [-0.1, -0.05) is 18.1 Å². The van der Waals surface area contributed by atoms with Crippen molar-refractivity contribution in [2.24, 2.45) is 0 Å². The van der Waals surface area contributed by atoms with Crippen LogP contribution in [0.4, 0.5) is 0 Å². The van der Waals surface area contributed by atoms with Crippen molar-refractivity contribution in [3.63, 3.8) is 0 Å². The van der Waals surface area contributed by atoms with Gasteiger partial charge >= 0.3 is 0 Å². The summed E-state index contributed by atoms with van der Waals surface area (Å²) in [5.74, 6) is 0. The molecule has 0 heterocycles. The first-order valence-corrected chi connectivity index (χ1v) is 5.13. The highest BCUT2D eigenvalue weighted by molar-refractivity contribution is 4.97. The molecule has 1 aliphatic rings. The quantitative estimate of drug-likeness (QED) is 0.551. The molecular formula is C11H20O. The average molecular weight is 168 g/mol. The molecule has 1 aliphatic carbocycles. The molecule has 0 saturated carbocycles. The predicted molar refractivity (Wildman–Crippen MR) is 52.1 cm³/mol. The maximum Gasteiger partial charge on any atom is 0.0540 e. The van der Waals surface area contributed by atoms with Crippen molar-refractivity contribution < 1.29 is 5.11 Å². The van der Waals surface area contributed by atoms with Gasteiger partial charge in [-0.3, -0.25) is 0 Å². The zero-order valence-corrected chi connectivity index (χ0v) is 8.05. The fourth-order valence-electron chi connectivity index (χ4n) is 1.73. The number of aliphatic hydroxyl groups excluding tert-OH is 1. The van der Waals surface area contributed by atoms with Crippen LogP contribution in [0.5, 0.6) is 0 Å². The van der Waals surface area contributed by atoms with Crippen molar-refractivity contribution in [3.8, 4) is 0 Å². The Hall–Kier alpha value is -0.300. The van der Waals surface area contributed by atoms with E-state index in [1.165, 1.54) is 24.8 Å². The highest BCUT2D eigenvalue weighted by Crippen LogP contribution is 2.16. The molecule has 0 aromatic rings. The van der Waals surface area contributed by atoms with E-state index >= 15 is 0 Å². The molecule has 1 rings (SSSR count). The lowest BCUT2D eigenvalue weighted by molar-refractivity contribution is 0.148. The number of hydrogen-bond donors (Lipinski definition) is 1. The Morgan fingerprint density at radius 1 is 1.25 bits per heavy atom. The molecule has 0 aromatic carbocycles. The highest BCUT2D eigenvalue weighted by Gasteiger charge is 2.04. The molecule has 12 heavy (non-hydrogen) atoms. The third-order valence-electron chi connectivity index (χ3n) is 2.59. The summed E-state index contributed by atoms with van der Waals surface area (Å²) in [6.45, 7) is 2.22. The Labute approximate surface area is 75.5 Å². The van der Waals surface area contributed by atoms with E-state index in [1.807, 2.05) is 0 Å². The number of hydrogen-bond acceptors (Lipinski definition) is 1. The minimum absolute atomic E-state index is 0.0307. The third kappa shape index (κ3) is 3.91. The van der Waals surface area contributed by atoms with Gasteiger partial charge in [-0.05, 0) is 45.4 Å². The minimum Gasteiger partial charge on any atom is -0.393 e. The Bertz CT molecular complexity index is 149. The van der Waals surface area contributed by atoms with Crippen LogP contribution >= 0.6 is 0 Å². The largest absolute Gasteiger partial charge is 0.393 e. The molecule has 1 unspecified atom stereocenters. The zero-order valence-electron chi connectivity index (χ0n) is 8.05. The fourth-order valence-corrected chi connectivity index (χ4v) is 1.73. The Morgan fingerprint density at radius 3 is 2.83 bits per heavy atom. The van der Waals surface area contributed by atoms with E-state index in [4.69, 9.17) is 0 Å². The van der Waals surface area contributed by atoms with E-state index in [-0.39, 0.29) is 6.10 Å². The monoisotopic (exact) mass is 168 g/mol. The van der Waals surface area contributed by atoms with Crippen molar-refractivity contribution >= 4 is 0 Å². The summed E-state index contributed by atoms with van der Waals surface area (Å²) in [7, 11) is 0. The van der Waals surface area contributed by atoms with E-state index in [0.717, 1.165) is 25.7 Å². The highest BCUT2D eigenvalue weighted by atomic mass is 16.3. The second-order valence-corrected chi connectivity index (χ2v) is 3.88. The molecule has 1 atom stereocenters. The first-order valence-electron chi connectivity index (χ1n) is 5.13. The SMILES string of the molecule is CC1=CCCCC(O)CCCC1. The summed E-state index contributed by atoms with van der Waals surface area (Å²) >= 11 is 0. The molecule has 1 N–H and O–H groups in total. The van der Waals surface area contributed by atoms with Crippen molar-refractivity contribution in [2.45, 2.75) is 58.0 Å². The maximum atomic E-state index is 9.48. The topological polar surface area (TPSA) is 20.2 Å². The van der Waals surface area contributed by atoms with E-state index in [1.54, 1.807) is 0 Å². The van der Waals surface area contributed by atoms with Crippen LogP contribution in [0.2, 0.25) is 0 Å². The van der Waals surface area contributed by atoms with Gasteiger partial charge in [0, 0.05) is 0 Å². The van der Waals surface area contributed by atoms with E-state index in [2.05, 4.69) is 13.0 Å². The molecule has 70 valence electrons. The molecule has 0 aromatic heterocycles. The molecule has 0 aliphatic heterocycles. The molecule has 0 amide bonds. The molecule has 0 bridgehead atoms. The van der Waals surface area contributed by atoms with E-state index < -0.39 is 0 Å². The van der Waals surface area contributed by atoms with Crippen molar-refractivity contribution in [1.82, 2.24) is 0 Å². The lowest BCUT2D eigenvalue weighted by atomic mass is 9.99. The number of aliphatic hydroxyl groups is 1. The van der Waals surface area contributed by atoms with Crippen LogP contribution in [-0.2, 0) is 0 Å². The average Bonchev–Trinajstić information content (AvgIpc) is 2.06. The Morgan fingerprint density at radius 2 is 2.00 bits per heavy atom. The van der Waals surface area contributed by atoms with Crippen LogP contribution in [0.25, 0.3) is 0 Å². The lowest BCUT2D eigenvalue weighted by Gasteiger charge is -2.11. The van der Waals surface area contributed by atoms with E-state index in [0.29, 0.717) is 0 Å². The standard InChI is InChI=1S/C11H20O/c1-10-6-2-4-8-11(12)9-5-3-7-10/h6,11-12H,2-5,7-9H2,1H3. The minimum atomic E-state index is -0.0307. The number of allylic oxidation sites excluding steroid dienone is 2. The molecule has 0 spiro atoms. The summed E-state index contributed by atoms with van der Waals surface area (Å²) in [5, 5.41) is 9.48. The van der Waals surface area contributed by atoms with Crippen LogP contribution in [0.1, 0.15) is 51.9 Å². The van der Waals surface area contributed by atoms with Crippen LogP contribution < -0.4 is 0 Å². The number of rotatable bonds is 0. The van der Waals surface area contributed by atoms with Gasteiger partial charge in [0.2, 0.25) is 0 Å². The summed E-state index contributed by atoms with van der Waals surface area (Å²) in [5.41, 5.74) is 1.53. The van der Waals surface area contributed by atoms with Gasteiger partial charge in [-0.15, -0.1) is 0 Å². The van der Waals surface area contributed by atoms with Crippen LogP contribution in [0.15, 0.2) is 11.6 Å². The van der Waals surface area contributed by atoms with Crippen molar-refractivity contribution in [3.05, 3.63) is 11.6 Å². The second kappa shape index (κ2) is 5.36. The first-order chi connectivity index (χ1) is 5.79. The summed E-state index contributed by atoms with van der Waals surface area (Å²) in [4.78, 5) is 0. The van der Waals surface area contributed by atoms with Crippen LogP contribution in [0.3, 0.4) is 0 Å². The van der Waals surface area contributed by atoms with Gasteiger partial charge in [-0.2, -0.15) is 0 Å². The molecule has 1 heteroatoms. The molecule has 0 saturated heterocycles. The zero-order chi connectivity index (χ0) is 8.81. The van der Waals surface area contributed by atoms with Crippen LogP contribution in [-0.4, -0.2) is 11.2 Å². The van der Waals surface area contributed by atoms with Gasteiger partial charge in [0.1, 0.15) is 0 Å². The first kappa shape index (κ1) is 9.79. The molecule has 0 radical (unpaired) electrons. The molecule has 0 fully saturated rings. The van der Waals surface area contributed by atoms with E-state index in [9.17, 15) is 5.11 Å². The predicted octanol–water partition coefficient (Wildman–Crippen LogP) is 3.04. The fraction of sp³-hybridized carbons (Fsp3) is 0.818. The van der Waals surface area contributed by atoms with Gasteiger partial charge in [0.15, 0.2) is 0 Å². The molecular weight excluding hydrogens is 148 g/mol. The smallest absolute Gasteiger partial charge is 0.0540 e. The van der Waals surface area contributed by atoms with Gasteiger partial charge in [0.25, 0.3) is 0 Å². The van der Waals surface area contributed by atoms with Crippen molar-refractivity contribution in [2.75, 3.05) is 0 Å². The summed E-state index contributed by atoms with van der Waals surface area (Å²) in [6.07, 6.45) is 10.3. The normalized spacial score (nSPS) is 27.8. The van der Waals surface area contributed by atoms with Crippen molar-refractivity contribution in [1.29, 1.82) is 0 Å². The summed E-state index contributed by atoms with van der Waals surface area (Å²) in [6, 6.07) is 0. The molecule has 1 nitrogen and oxygen atoms in total. The van der Waals surface area contributed by atoms with Gasteiger partial charge in [0.05, 0.1) is 6.10 Å². The maximum absolute atomic E-state index is 9.48. The Balaban J connectivity index is 2.33. The van der Waals surface area contributed by atoms with Gasteiger partial charge in [-0.25, -0.2) is 0 Å². The Kier molecular flexibility index (Phi) is 4.37. The van der Waals surface area contributed by atoms with Gasteiger partial charge < -0.3 is 5.11 Å². The van der Waals surface area contributed by atoms with Crippen LogP contribution in [0, 0.1) is 0 Å². The third-order valence-corrected chi connectivity index (χ3v) is 2.59. The summed E-state index contributed by atoms with van der Waals surface area (Å²) < 4.78 is 0. The lowest BCUT2D eigenvalue weighted by Crippen LogP contribution is -2.06.